The molecule has 0 spiro atoms. The molecule has 1 rings (SSSR count). The van der Waals surface area contributed by atoms with Gasteiger partial charge in [-0.25, -0.2) is 0 Å². The molecule has 0 aliphatic rings. The smallest absolute Gasteiger partial charge is 0.254 e. The number of amides is 2. The van der Waals surface area contributed by atoms with Crippen molar-refractivity contribution in [2.24, 2.45) is 5.73 Å². The van der Waals surface area contributed by atoms with Gasteiger partial charge in [-0.15, -0.1) is 0 Å². The van der Waals surface area contributed by atoms with E-state index in [2.05, 4.69) is 10.9 Å². The average molecular weight is 265 g/mol. The Kier molecular flexibility index (Phi) is 5.81. The van der Waals surface area contributed by atoms with Crippen molar-refractivity contribution in [2.75, 3.05) is 6.61 Å². The van der Waals surface area contributed by atoms with Crippen molar-refractivity contribution < 1.29 is 14.3 Å². The second-order valence-corrected chi connectivity index (χ2v) is 4.24. The zero-order valence-corrected chi connectivity index (χ0v) is 11.1. The van der Waals surface area contributed by atoms with Gasteiger partial charge >= 0.3 is 0 Å². The molecule has 6 heteroatoms. The molecule has 0 aliphatic heterocycles. The molecular formula is C13H19N3O3. The lowest BCUT2D eigenvalue weighted by molar-refractivity contribution is -0.129. The molecule has 19 heavy (non-hydrogen) atoms. The van der Waals surface area contributed by atoms with Gasteiger partial charge in [-0.1, -0.05) is 17.7 Å². The lowest BCUT2D eigenvalue weighted by Crippen LogP contribution is -2.48. The van der Waals surface area contributed by atoms with Crippen LogP contribution in [0.1, 0.15) is 18.9 Å². The second kappa shape index (κ2) is 7.38. The number of hydrogen-bond acceptors (Lipinski definition) is 4. The van der Waals surface area contributed by atoms with Gasteiger partial charge in [-0.3, -0.25) is 20.4 Å². The van der Waals surface area contributed by atoms with Gasteiger partial charge in [0.2, 0.25) is 5.91 Å². The number of rotatable bonds is 5. The molecule has 104 valence electrons. The van der Waals surface area contributed by atoms with Gasteiger partial charge in [-0.05, 0) is 26.0 Å². The Morgan fingerprint density at radius 1 is 1.26 bits per heavy atom. The van der Waals surface area contributed by atoms with E-state index in [9.17, 15) is 9.59 Å². The third-order valence-corrected chi connectivity index (χ3v) is 2.36. The van der Waals surface area contributed by atoms with Crippen molar-refractivity contribution in [2.45, 2.75) is 26.3 Å². The molecular weight excluding hydrogens is 246 g/mol. The third kappa shape index (κ3) is 5.87. The van der Waals surface area contributed by atoms with E-state index in [0.29, 0.717) is 5.75 Å². The lowest BCUT2D eigenvalue weighted by atomic mass is 10.2. The number of ether oxygens (including phenoxy) is 1. The van der Waals surface area contributed by atoms with Crippen LogP contribution in [0.2, 0.25) is 0 Å². The Morgan fingerprint density at radius 3 is 2.47 bits per heavy atom. The highest BCUT2D eigenvalue weighted by Crippen LogP contribution is 2.11. The Balaban J connectivity index is 2.20. The Morgan fingerprint density at radius 2 is 1.89 bits per heavy atom. The minimum atomic E-state index is -0.663. The summed E-state index contributed by atoms with van der Waals surface area (Å²) >= 11 is 0. The van der Waals surface area contributed by atoms with Gasteiger partial charge < -0.3 is 10.5 Å². The average Bonchev–Trinajstić information content (AvgIpc) is 2.38. The van der Waals surface area contributed by atoms with Crippen molar-refractivity contribution in [3.8, 4) is 5.75 Å². The molecule has 6 nitrogen and oxygen atoms in total. The zero-order chi connectivity index (χ0) is 14.3. The fraction of sp³-hybridized carbons (Fsp3) is 0.385. The van der Waals surface area contributed by atoms with Crippen LogP contribution in [-0.4, -0.2) is 24.5 Å². The van der Waals surface area contributed by atoms with Crippen molar-refractivity contribution in [3.63, 3.8) is 0 Å². The number of nitrogens with two attached hydrogens (primary N) is 1. The quantitative estimate of drug-likeness (QED) is 0.666. The van der Waals surface area contributed by atoms with E-state index in [1.54, 1.807) is 0 Å². The molecule has 0 heterocycles. The molecule has 0 saturated heterocycles. The molecule has 0 aromatic heterocycles. The molecule has 0 radical (unpaired) electrons. The van der Waals surface area contributed by atoms with E-state index < -0.39 is 11.9 Å². The standard InChI is InChI=1S/C13H19N3O3/c1-9-3-5-11(6-4-9)19-8-7-12(17)15-16-13(18)10(2)14/h3-6,10H,7-8,14H2,1-2H3,(H,15,17)(H,16,18). The molecule has 0 saturated carbocycles. The van der Waals surface area contributed by atoms with Gasteiger partial charge in [0.25, 0.3) is 5.91 Å². The summed E-state index contributed by atoms with van der Waals surface area (Å²) in [4.78, 5) is 22.5. The van der Waals surface area contributed by atoms with Gasteiger partial charge in [0.05, 0.1) is 19.1 Å². The molecule has 0 aliphatic carbocycles. The van der Waals surface area contributed by atoms with Crippen LogP contribution < -0.4 is 21.3 Å². The fourth-order valence-electron chi connectivity index (χ4n) is 1.20. The zero-order valence-electron chi connectivity index (χ0n) is 11.1. The summed E-state index contributed by atoms with van der Waals surface area (Å²) in [5.74, 6) is -0.0630. The maximum atomic E-state index is 11.4. The maximum absolute atomic E-state index is 11.4. The van der Waals surface area contributed by atoms with Crippen LogP contribution in [0.4, 0.5) is 0 Å². The van der Waals surface area contributed by atoms with Crippen molar-refractivity contribution in [1.82, 2.24) is 10.9 Å². The summed E-state index contributed by atoms with van der Waals surface area (Å²) in [7, 11) is 0. The first-order chi connectivity index (χ1) is 8.99. The third-order valence-electron chi connectivity index (χ3n) is 2.36. The van der Waals surface area contributed by atoms with E-state index >= 15 is 0 Å². The summed E-state index contributed by atoms with van der Waals surface area (Å²) in [6, 6.07) is 6.87. The maximum Gasteiger partial charge on any atom is 0.254 e. The first-order valence-electron chi connectivity index (χ1n) is 6.03. The molecule has 1 atom stereocenters. The summed E-state index contributed by atoms with van der Waals surface area (Å²) in [5, 5.41) is 0. The van der Waals surface area contributed by atoms with Crippen LogP contribution in [-0.2, 0) is 9.59 Å². The minimum absolute atomic E-state index is 0.146. The van der Waals surface area contributed by atoms with Gasteiger partial charge in [0, 0.05) is 0 Å². The summed E-state index contributed by atoms with van der Waals surface area (Å²) in [5.41, 5.74) is 10.9. The van der Waals surface area contributed by atoms with Gasteiger partial charge in [-0.2, -0.15) is 0 Å². The minimum Gasteiger partial charge on any atom is -0.493 e. The molecule has 0 bridgehead atoms. The van der Waals surface area contributed by atoms with Crippen molar-refractivity contribution >= 4 is 11.8 Å². The summed E-state index contributed by atoms with van der Waals surface area (Å²) in [6.07, 6.45) is 0.146. The normalized spacial score (nSPS) is 11.5. The van der Waals surface area contributed by atoms with E-state index in [1.165, 1.54) is 6.92 Å². The van der Waals surface area contributed by atoms with Crippen LogP contribution in [0.3, 0.4) is 0 Å². The molecule has 0 fully saturated rings. The number of hydrazine groups is 1. The van der Waals surface area contributed by atoms with Crippen molar-refractivity contribution in [3.05, 3.63) is 29.8 Å². The molecule has 1 aromatic rings. The van der Waals surface area contributed by atoms with E-state index in [1.807, 2.05) is 31.2 Å². The Labute approximate surface area is 112 Å². The highest BCUT2D eigenvalue weighted by molar-refractivity contribution is 5.84. The summed E-state index contributed by atoms with van der Waals surface area (Å²) < 4.78 is 5.39. The fourth-order valence-corrected chi connectivity index (χ4v) is 1.20. The van der Waals surface area contributed by atoms with Gasteiger partial charge in [0.15, 0.2) is 0 Å². The topological polar surface area (TPSA) is 93.5 Å². The number of hydrogen-bond donors (Lipinski definition) is 3. The van der Waals surface area contributed by atoms with Crippen LogP contribution >= 0.6 is 0 Å². The first kappa shape index (κ1) is 15.0. The SMILES string of the molecule is Cc1ccc(OCCC(=O)NNC(=O)C(C)N)cc1. The predicted molar refractivity (Wildman–Crippen MR) is 71.2 cm³/mol. The largest absolute Gasteiger partial charge is 0.493 e. The monoisotopic (exact) mass is 265 g/mol. The Bertz CT molecular complexity index is 429. The highest BCUT2D eigenvalue weighted by atomic mass is 16.5. The summed E-state index contributed by atoms with van der Waals surface area (Å²) in [6.45, 7) is 3.75. The van der Waals surface area contributed by atoms with Gasteiger partial charge in [0.1, 0.15) is 5.75 Å². The number of aryl methyl sites for hydroxylation is 1. The number of nitrogens with one attached hydrogen (secondary N) is 2. The van der Waals surface area contributed by atoms with Crippen LogP contribution in [0, 0.1) is 6.92 Å². The van der Waals surface area contributed by atoms with E-state index in [0.717, 1.165) is 5.56 Å². The number of carbonyl (C=O) groups excluding carboxylic acids is 2. The first-order valence-corrected chi connectivity index (χ1v) is 6.03. The molecule has 2 amide bonds. The second-order valence-electron chi connectivity index (χ2n) is 4.24. The predicted octanol–water partition coefficient (Wildman–Crippen LogP) is 0.259. The van der Waals surface area contributed by atoms with Crippen LogP contribution in [0.15, 0.2) is 24.3 Å². The Hall–Kier alpha value is -2.08. The van der Waals surface area contributed by atoms with Crippen molar-refractivity contribution in [1.29, 1.82) is 0 Å². The number of carbonyl (C=O) groups is 2. The number of benzene rings is 1. The van der Waals surface area contributed by atoms with Crippen LogP contribution in [0.5, 0.6) is 5.75 Å². The molecule has 1 aromatic carbocycles. The lowest BCUT2D eigenvalue weighted by Gasteiger charge is -2.10. The molecule has 1 unspecified atom stereocenters. The highest BCUT2D eigenvalue weighted by Gasteiger charge is 2.08. The van der Waals surface area contributed by atoms with Crippen LogP contribution in [0.25, 0.3) is 0 Å². The van der Waals surface area contributed by atoms with E-state index in [-0.39, 0.29) is 18.9 Å². The molecule has 4 N–H and O–H groups in total. The van der Waals surface area contributed by atoms with E-state index in [4.69, 9.17) is 10.5 Å².